The minimum absolute atomic E-state index is 0.250. The van der Waals surface area contributed by atoms with Gasteiger partial charge in [-0.1, -0.05) is 32.0 Å². The quantitative estimate of drug-likeness (QED) is 0.339. The van der Waals surface area contributed by atoms with Crippen LogP contribution in [0.25, 0.3) is 28.0 Å². The first kappa shape index (κ1) is 24.1. The number of aromatic nitrogens is 7. The van der Waals surface area contributed by atoms with E-state index < -0.39 is 11.7 Å². The number of anilines is 1. The molecule has 1 N–H and O–H groups in total. The Labute approximate surface area is 216 Å². The molecule has 0 aliphatic carbocycles. The summed E-state index contributed by atoms with van der Waals surface area (Å²) in [5.41, 5.74) is 6.85. The fourth-order valence-corrected chi connectivity index (χ4v) is 5.12. The molecule has 0 unspecified atom stereocenters. The van der Waals surface area contributed by atoms with E-state index in [1.807, 2.05) is 15.6 Å². The second-order valence-electron chi connectivity index (χ2n) is 9.25. The number of para-hydroxylation sites is 1. The van der Waals surface area contributed by atoms with E-state index in [0.29, 0.717) is 19.5 Å². The molecule has 11 heteroatoms. The van der Waals surface area contributed by atoms with Gasteiger partial charge in [0.2, 0.25) is 5.95 Å². The predicted molar refractivity (Wildman–Crippen MR) is 137 cm³/mol. The van der Waals surface area contributed by atoms with Crippen LogP contribution in [-0.2, 0) is 32.0 Å². The van der Waals surface area contributed by atoms with E-state index in [9.17, 15) is 13.2 Å². The lowest BCUT2D eigenvalue weighted by Crippen LogP contribution is -2.31. The average molecular weight is 519 g/mol. The molecule has 5 heterocycles. The van der Waals surface area contributed by atoms with Crippen molar-refractivity contribution in [2.75, 3.05) is 11.4 Å². The zero-order chi connectivity index (χ0) is 26.4. The highest BCUT2D eigenvalue weighted by atomic mass is 19.4. The van der Waals surface area contributed by atoms with Crippen molar-refractivity contribution < 1.29 is 13.2 Å². The van der Waals surface area contributed by atoms with Gasteiger partial charge >= 0.3 is 6.18 Å². The lowest BCUT2D eigenvalue weighted by Gasteiger charge is -2.27. The average Bonchev–Trinajstić information content (AvgIpc) is 3.56. The molecular formula is C27H25F3N8. The number of alkyl halides is 3. The van der Waals surface area contributed by atoms with Crippen molar-refractivity contribution in [3.8, 4) is 17.1 Å². The number of aryl methyl sites for hydroxylation is 2. The zero-order valence-corrected chi connectivity index (χ0v) is 20.9. The molecule has 0 bridgehead atoms. The van der Waals surface area contributed by atoms with E-state index in [1.54, 1.807) is 12.4 Å². The van der Waals surface area contributed by atoms with E-state index in [-0.39, 0.29) is 5.95 Å². The number of aromatic amines is 1. The highest BCUT2D eigenvalue weighted by Gasteiger charge is 2.33. The first-order valence-corrected chi connectivity index (χ1v) is 12.5. The van der Waals surface area contributed by atoms with Crippen molar-refractivity contribution in [2.45, 2.75) is 45.8 Å². The summed E-state index contributed by atoms with van der Waals surface area (Å²) in [4.78, 5) is 14.7. The number of nitrogens with zero attached hydrogens (tertiary/aromatic N) is 7. The Morgan fingerprint density at radius 3 is 2.39 bits per heavy atom. The van der Waals surface area contributed by atoms with Crippen molar-refractivity contribution in [3.63, 3.8) is 0 Å². The Kier molecular flexibility index (Phi) is 5.85. The number of rotatable bonds is 5. The van der Waals surface area contributed by atoms with E-state index in [2.05, 4.69) is 52.2 Å². The highest BCUT2D eigenvalue weighted by Crippen LogP contribution is 2.37. The maximum Gasteiger partial charge on any atom is 0.419 e. The molecule has 1 aromatic carbocycles. The number of benzene rings is 1. The van der Waals surface area contributed by atoms with Crippen molar-refractivity contribution in [1.82, 2.24) is 34.9 Å². The Hall–Kier alpha value is -4.28. The monoisotopic (exact) mass is 518 g/mol. The molecule has 0 saturated carbocycles. The molecule has 4 aromatic heterocycles. The summed E-state index contributed by atoms with van der Waals surface area (Å²) in [5, 5.41) is 13.2. The van der Waals surface area contributed by atoms with Crippen molar-refractivity contribution in [2.24, 2.45) is 0 Å². The van der Waals surface area contributed by atoms with Crippen LogP contribution in [0.1, 0.15) is 41.8 Å². The predicted octanol–water partition coefficient (Wildman–Crippen LogP) is 5.31. The number of pyridine rings is 1. The number of H-pyrrole nitrogens is 1. The van der Waals surface area contributed by atoms with Gasteiger partial charge in [-0.15, -0.1) is 0 Å². The highest BCUT2D eigenvalue weighted by molar-refractivity contribution is 5.92. The summed E-state index contributed by atoms with van der Waals surface area (Å²) in [5.74, 6) is 0.250. The van der Waals surface area contributed by atoms with Gasteiger partial charge in [-0.2, -0.15) is 23.4 Å². The largest absolute Gasteiger partial charge is 0.419 e. The lowest BCUT2D eigenvalue weighted by molar-refractivity contribution is -0.138. The van der Waals surface area contributed by atoms with Crippen LogP contribution in [0, 0.1) is 0 Å². The van der Waals surface area contributed by atoms with Gasteiger partial charge in [0, 0.05) is 49.1 Å². The summed E-state index contributed by atoms with van der Waals surface area (Å²) < 4.78 is 41.2. The Bertz CT molecular complexity index is 1600. The third-order valence-electron chi connectivity index (χ3n) is 7.05. The van der Waals surface area contributed by atoms with Crippen molar-refractivity contribution >= 4 is 16.9 Å². The summed E-state index contributed by atoms with van der Waals surface area (Å²) in [6.07, 6.45) is 2.95. The van der Waals surface area contributed by atoms with Gasteiger partial charge < -0.3 is 4.90 Å². The molecule has 8 nitrogen and oxygen atoms in total. The molecule has 1 aliphatic rings. The number of hydrogen-bond acceptors (Lipinski definition) is 6. The molecular weight excluding hydrogens is 493 g/mol. The van der Waals surface area contributed by atoms with Gasteiger partial charge in [0.05, 0.1) is 34.4 Å². The van der Waals surface area contributed by atoms with Crippen molar-refractivity contribution in [3.05, 3.63) is 77.0 Å². The minimum atomic E-state index is -4.49. The third-order valence-corrected chi connectivity index (χ3v) is 7.05. The van der Waals surface area contributed by atoms with E-state index in [4.69, 9.17) is 10.1 Å². The molecule has 38 heavy (non-hydrogen) atoms. The number of hydrogen-bond donors (Lipinski definition) is 1. The van der Waals surface area contributed by atoms with Gasteiger partial charge in [0.15, 0.2) is 0 Å². The van der Waals surface area contributed by atoms with Crippen LogP contribution in [0.5, 0.6) is 0 Å². The molecule has 5 aromatic rings. The number of fused-ring (bicyclic) bond motifs is 2. The maximum absolute atomic E-state index is 13.1. The molecule has 0 spiro atoms. The van der Waals surface area contributed by atoms with Crippen LogP contribution in [0.4, 0.5) is 19.1 Å². The van der Waals surface area contributed by atoms with Crippen LogP contribution >= 0.6 is 0 Å². The summed E-state index contributed by atoms with van der Waals surface area (Å²) >= 11 is 0. The van der Waals surface area contributed by atoms with Crippen LogP contribution < -0.4 is 4.90 Å². The first-order valence-electron chi connectivity index (χ1n) is 12.5. The van der Waals surface area contributed by atoms with Gasteiger partial charge in [-0.05, 0) is 30.0 Å². The summed E-state index contributed by atoms with van der Waals surface area (Å²) in [6.45, 7) is 5.18. The number of halogens is 3. The fraction of sp³-hybridized carbons (Fsp3) is 0.296. The van der Waals surface area contributed by atoms with Crippen LogP contribution in [0.3, 0.4) is 0 Å². The van der Waals surface area contributed by atoms with Gasteiger partial charge in [-0.3, -0.25) is 10.1 Å². The second-order valence-corrected chi connectivity index (χ2v) is 9.25. The van der Waals surface area contributed by atoms with Gasteiger partial charge in [0.25, 0.3) is 0 Å². The molecule has 194 valence electrons. The smallest absolute Gasteiger partial charge is 0.336 e. The molecule has 0 atom stereocenters. The lowest BCUT2D eigenvalue weighted by atomic mass is 10.00. The molecule has 0 saturated heterocycles. The molecule has 0 radical (unpaired) electrons. The van der Waals surface area contributed by atoms with Crippen LogP contribution in [0.2, 0.25) is 0 Å². The molecule has 0 fully saturated rings. The van der Waals surface area contributed by atoms with Crippen LogP contribution in [0.15, 0.2) is 49.1 Å². The van der Waals surface area contributed by atoms with Gasteiger partial charge in [-0.25, -0.2) is 14.6 Å². The first-order chi connectivity index (χ1) is 18.4. The van der Waals surface area contributed by atoms with Crippen molar-refractivity contribution in [1.29, 1.82) is 0 Å². The van der Waals surface area contributed by atoms with E-state index in [0.717, 1.165) is 64.5 Å². The zero-order valence-electron chi connectivity index (χ0n) is 20.9. The maximum atomic E-state index is 13.1. The normalized spacial score (nSPS) is 13.8. The molecule has 0 amide bonds. The van der Waals surface area contributed by atoms with E-state index in [1.165, 1.54) is 11.1 Å². The van der Waals surface area contributed by atoms with E-state index >= 15 is 0 Å². The topological polar surface area (TPSA) is 88.4 Å². The standard InChI is InChI=1S/C27H25F3N8/c1-3-16-6-5-7-17(4-2)24(16)38-25(23-19-14-34-35-21(19)8-10-31-23)20-15-37(11-9-22(20)36-38)26-32-12-18(13-33-26)27(28,29)30/h5-8,10,12-14H,3-4,9,11,15H2,1-2H3,(H,34,35). The third kappa shape index (κ3) is 3.98. The number of nitrogens with one attached hydrogen (secondary N) is 1. The Morgan fingerprint density at radius 2 is 1.71 bits per heavy atom. The Balaban J connectivity index is 1.53. The van der Waals surface area contributed by atoms with Gasteiger partial charge in [0.1, 0.15) is 5.69 Å². The van der Waals surface area contributed by atoms with Crippen LogP contribution in [-0.4, -0.2) is 41.5 Å². The molecule has 1 aliphatic heterocycles. The summed E-state index contributed by atoms with van der Waals surface area (Å²) in [6, 6.07) is 8.18. The minimum Gasteiger partial charge on any atom is -0.336 e. The molecule has 6 rings (SSSR count). The fourth-order valence-electron chi connectivity index (χ4n) is 5.12. The summed E-state index contributed by atoms with van der Waals surface area (Å²) in [7, 11) is 0. The SMILES string of the molecule is CCc1cccc(CC)c1-n1nc2c(c1-c1nccc3[nH]ncc13)CN(c1ncc(C(F)(F)F)cn1)CC2. The second kappa shape index (κ2) is 9.23. The Morgan fingerprint density at radius 1 is 0.974 bits per heavy atom.